The lowest BCUT2D eigenvalue weighted by Gasteiger charge is -2.01. The Bertz CT molecular complexity index is 554. The molecule has 0 amide bonds. The molecule has 0 aliphatic heterocycles. The maximum atomic E-state index is 11.5. The van der Waals surface area contributed by atoms with Gasteiger partial charge in [0, 0.05) is 0 Å². The third-order valence-corrected chi connectivity index (χ3v) is 2.69. The summed E-state index contributed by atoms with van der Waals surface area (Å²) in [6, 6.07) is 17.5. The predicted molar refractivity (Wildman–Crippen MR) is 77.8 cm³/mol. The normalized spacial score (nSPS) is 10.6. The molecule has 0 fully saturated rings. The summed E-state index contributed by atoms with van der Waals surface area (Å²) in [6.07, 6.45) is 4.06. The highest BCUT2D eigenvalue weighted by atomic mass is 16.5. The number of hydrogen-bond acceptors (Lipinski definition) is 2. The Morgan fingerprint density at radius 2 is 1.53 bits per heavy atom. The van der Waals surface area contributed by atoms with Crippen molar-refractivity contribution in [2.24, 2.45) is 0 Å². The van der Waals surface area contributed by atoms with Crippen molar-refractivity contribution in [3.05, 3.63) is 71.3 Å². The van der Waals surface area contributed by atoms with Crippen molar-refractivity contribution < 1.29 is 9.53 Å². The third-order valence-electron chi connectivity index (χ3n) is 2.69. The smallest absolute Gasteiger partial charge is 0.338 e. The van der Waals surface area contributed by atoms with Gasteiger partial charge in [-0.2, -0.15) is 0 Å². The van der Waals surface area contributed by atoms with Gasteiger partial charge in [-0.3, -0.25) is 0 Å². The van der Waals surface area contributed by atoms with Gasteiger partial charge in [-0.15, -0.1) is 0 Å². The lowest BCUT2D eigenvalue weighted by molar-refractivity contribution is 0.0526. The molecule has 2 nitrogen and oxygen atoms in total. The first-order chi connectivity index (χ1) is 9.29. The van der Waals surface area contributed by atoms with Crippen LogP contribution in [0.1, 0.15) is 28.4 Å². The van der Waals surface area contributed by atoms with Crippen molar-refractivity contribution >= 4 is 18.1 Å². The maximum Gasteiger partial charge on any atom is 0.338 e. The Balaban J connectivity index is 2.07. The van der Waals surface area contributed by atoms with E-state index in [9.17, 15) is 4.79 Å². The molecule has 0 spiro atoms. The summed E-state index contributed by atoms with van der Waals surface area (Å²) < 4.78 is 4.94. The van der Waals surface area contributed by atoms with E-state index in [1.165, 1.54) is 0 Å². The van der Waals surface area contributed by atoms with Crippen molar-refractivity contribution in [3.8, 4) is 0 Å². The van der Waals surface area contributed by atoms with E-state index in [1.807, 2.05) is 54.6 Å². The standard InChI is InChI=1S/C17H16O2/c1-2-19-17(18)16-12-10-15(11-13-16)9-8-14-6-4-3-5-7-14/h3-13H,2H2,1H3. The molecule has 2 rings (SSSR count). The van der Waals surface area contributed by atoms with E-state index in [0.29, 0.717) is 12.2 Å². The average molecular weight is 252 g/mol. The number of carbonyl (C=O) groups is 1. The molecule has 0 N–H and O–H groups in total. The van der Waals surface area contributed by atoms with Crippen LogP contribution in [0.2, 0.25) is 0 Å². The van der Waals surface area contributed by atoms with Crippen LogP contribution in [0, 0.1) is 0 Å². The molecule has 0 atom stereocenters. The minimum absolute atomic E-state index is 0.277. The Kier molecular flexibility index (Phi) is 4.51. The van der Waals surface area contributed by atoms with Crippen molar-refractivity contribution in [1.82, 2.24) is 0 Å². The lowest BCUT2D eigenvalue weighted by Crippen LogP contribution is -2.03. The molecule has 2 aromatic carbocycles. The second kappa shape index (κ2) is 6.55. The lowest BCUT2D eigenvalue weighted by atomic mass is 10.1. The van der Waals surface area contributed by atoms with Crippen molar-refractivity contribution in [3.63, 3.8) is 0 Å². The molecule has 0 saturated heterocycles. The van der Waals surface area contributed by atoms with Crippen LogP contribution in [0.25, 0.3) is 12.2 Å². The largest absolute Gasteiger partial charge is 0.462 e. The molecule has 2 aromatic rings. The van der Waals surface area contributed by atoms with E-state index in [1.54, 1.807) is 19.1 Å². The fourth-order valence-corrected chi connectivity index (χ4v) is 1.70. The molecule has 2 heteroatoms. The van der Waals surface area contributed by atoms with E-state index in [-0.39, 0.29) is 5.97 Å². The fourth-order valence-electron chi connectivity index (χ4n) is 1.70. The summed E-state index contributed by atoms with van der Waals surface area (Å²) in [5.41, 5.74) is 2.78. The van der Waals surface area contributed by atoms with Crippen molar-refractivity contribution in [1.29, 1.82) is 0 Å². The zero-order valence-electron chi connectivity index (χ0n) is 10.9. The van der Waals surface area contributed by atoms with E-state index < -0.39 is 0 Å². The van der Waals surface area contributed by atoms with Gasteiger partial charge in [0.1, 0.15) is 0 Å². The maximum absolute atomic E-state index is 11.5. The van der Waals surface area contributed by atoms with Crippen LogP contribution >= 0.6 is 0 Å². The van der Waals surface area contributed by atoms with Gasteiger partial charge in [-0.05, 0) is 30.2 Å². The Morgan fingerprint density at radius 3 is 2.11 bits per heavy atom. The van der Waals surface area contributed by atoms with Crippen LogP contribution < -0.4 is 0 Å². The molecule has 0 saturated carbocycles. The molecule has 0 aliphatic rings. The highest BCUT2D eigenvalue weighted by Crippen LogP contribution is 2.10. The van der Waals surface area contributed by atoms with Gasteiger partial charge in [0.15, 0.2) is 0 Å². The van der Waals surface area contributed by atoms with Crippen LogP contribution in [0.5, 0.6) is 0 Å². The molecule has 0 radical (unpaired) electrons. The van der Waals surface area contributed by atoms with Crippen molar-refractivity contribution in [2.75, 3.05) is 6.61 Å². The molecule has 0 heterocycles. The molecule has 0 aromatic heterocycles. The van der Waals surface area contributed by atoms with Gasteiger partial charge in [-0.25, -0.2) is 4.79 Å². The minimum atomic E-state index is -0.277. The molecular formula is C17H16O2. The number of carbonyl (C=O) groups excluding carboxylic acids is 1. The topological polar surface area (TPSA) is 26.3 Å². The second-order valence-electron chi connectivity index (χ2n) is 4.09. The summed E-state index contributed by atoms with van der Waals surface area (Å²) in [5, 5.41) is 0. The van der Waals surface area contributed by atoms with Crippen LogP contribution in [0.3, 0.4) is 0 Å². The van der Waals surface area contributed by atoms with Gasteiger partial charge in [0.25, 0.3) is 0 Å². The van der Waals surface area contributed by atoms with E-state index in [0.717, 1.165) is 11.1 Å². The van der Waals surface area contributed by atoms with Crippen LogP contribution in [0.4, 0.5) is 0 Å². The van der Waals surface area contributed by atoms with Crippen LogP contribution in [-0.2, 0) is 4.74 Å². The monoisotopic (exact) mass is 252 g/mol. The van der Waals surface area contributed by atoms with E-state index in [4.69, 9.17) is 4.74 Å². The minimum Gasteiger partial charge on any atom is -0.462 e. The fraction of sp³-hybridized carbons (Fsp3) is 0.118. The highest BCUT2D eigenvalue weighted by Gasteiger charge is 2.04. The Hall–Kier alpha value is -2.35. The summed E-state index contributed by atoms with van der Waals surface area (Å²) in [5.74, 6) is -0.277. The quantitative estimate of drug-likeness (QED) is 0.606. The number of benzene rings is 2. The zero-order valence-corrected chi connectivity index (χ0v) is 10.9. The van der Waals surface area contributed by atoms with Gasteiger partial charge >= 0.3 is 5.97 Å². The Morgan fingerprint density at radius 1 is 0.947 bits per heavy atom. The summed E-state index contributed by atoms with van der Waals surface area (Å²) in [7, 11) is 0. The van der Waals surface area contributed by atoms with Crippen LogP contribution in [0.15, 0.2) is 54.6 Å². The summed E-state index contributed by atoms with van der Waals surface area (Å²) in [4.78, 5) is 11.5. The first-order valence-corrected chi connectivity index (χ1v) is 6.30. The van der Waals surface area contributed by atoms with Gasteiger partial charge < -0.3 is 4.74 Å². The predicted octanol–water partition coefficient (Wildman–Crippen LogP) is 4.03. The molecule has 96 valence electrons. The first-order valence-electron chi connectivity index (χ1n) is 6.30. The van der Waals surface area contributed by atoms with Crippen LogP contribution in [-0.4, -0.2) is 12.6 Å². The average Bonchev–Trinajstić information content (AvgIpc) is 2.47. The molecular weight excluding hydrogens is 236 g/mol. The highest BCUT2D eigenvalue weighted by molar-refractivity contribution is 5.89. The SMILES string of the molecule is CCOC(=O)c1ccc(C=Cc2ccccc2)cc1. The molecule has 19 heavy (non-hydrogen) atoms. The Labute approximate surface area is 113 Å². The number of esters is 1. The molecule has 0 bridgehead atoms. The molecule has 0 aliphatic carbocycles. The first kappa shape index (κ1) is 13.1. The van der Waals surface area contributed by atoms with Gasteiger partial charge in [-0.1, -0.05) is 54.6 Å². The molecule has 0 unspecified atom stereocenters. The van der Waals surface area contributed by atoms with E-state index in [2.05, 4.69) is 0 Å². The van der Waals surface area contributed by atoms with Gasteiger partial charge in [0.05, 0.1) is 12.2 Å². The summed E-state index contributed by atoms with van der Waals surface area (Å²) >= 11 is 0. The number of rotatable bonds is 4. The second-order valence-corrected chi connectivity index (χ2v) is 4.09. The summed E-state index contributed by atoms with van der Waals surface area (Å²) in [6.45, 7) is 2.20. The zero-order chi connectivity index (χ0) is 13.5. The number of ether oxygens (including phenoxy) is 1. The number of hydrogen-bond donors (Lipinski definition) is 0. The van der Waals surface area contributed by atoms with E-state index >= 15 is 0 Å². The van der Waals surface area contributed by atoms with Crippen molar-refractivity contribution in [2.45, 2.75) is 6.92 Å². The van der Waals surface area contributed by atoms with Gasteiger partial charge in [0.2, 0.25) is 0 Å². The third kappa shape index (κ3) is 3.81.